The normalized spacial score (nSPS) is 11.3. The molecule has 0 atom stereocenters. The molecule has 5 heteroatoms. The Morgan fingerprint density at radius 1 is 1.33 bits per heavy atom. The molecule has 0 spiro atoms. The van der Waals surface area contributed by atoms with Crippen LogP contribution in [0.15, 0.2) is 24.4 Å². The van der Waals surface area contributed by atoms with E-state index in [0.29, 0.717) is 27.5 Å². The number of Topliss-reactive ketones (excluding diaryl/α,β-unsaturated/α-hetero) is 1. The molecular formula is C13H8ClFN2O. The summed E-state index contributed by atoms with van der Waals surface area (Å²) in [7, 11) is 0. The highest BCUT2D eigenvalue weighted by molar-refractivity contribution is 6.31. The highest BCUT2D eigenvalue weighted by Gasteiger charge is 2.11. The molecule has 1 N–H and O–H groups in total. The fourth-order valence-electron chi connectivity index (χ4n) is 1.96. The molecule has 3 rings (SSSR count). The number of nitrogens with one attached hydrogen (secondary N) is 1. The summed E-state index contributed by atoms with van der Waals surface area (Å²) in [6, 6.07) is 4.56. The zero-order chi connectivity index (χ0) is 12.9. The van der Waals surface area contributed by atoms with Gasteiger partial charge in [0.25, 0.3) is 0 Å². The van der Waals surface area contributed by atoms with Gasteiger partial charge in [-0.2, -0.15) is 0 Å². The number of H-pyrrole nitrogens is 1. The van der Waals surface area contributed by atoms with E-state index in [-0.39, 0.29) is 10.8 Å². The predicted molar refractivity (Wildman–Crippen MR) is 68.6 cm³/mol. The van der Waals surface area contributed by atoms with E-state index in [1.165, 1.54) is 25.3 Å². The van der Waals surface area contributed by atoms with Gasteiger partial charge in [0.1, 0.15) is 5.82 Å². The second-order valence-corrected chi connectivity index (χ2v) is 4.52. The minimum Gasteiger partial charge on any atom is -0.353 e. The molecule has 3 aromatic rings. The molecule has 0 saturated heterocycles. The van der Waals surface area contributed by atoms with E-state index in [2.05, 4.69) is 9.97 Å². The van der Waals surface area contributed by atoms with Crippen molar-refractivity contribution in [1.82, 2.24) is 9.97 Å². The van der Waals surface area contributed by atoms with Crippen LogP contribution in [0.3, 0.4) is 0 Å². The highest BCUT2D eigenvalue weighted by Crippen LogP contribution is 2.28. The molecule has 90 valence electrons. The van der Waals surface area contributed by atoms with Crippen molar-refractivity contribution in [3.8, 4) is 0 Å². The summed E-state index contributed by atoms with van der Waals surface area (Å²) >= 11 is 5.73. The second kappa shape index (κ2) is 3.78. The first-order valence-electron chi connectivity index (χ1n) is 5.33. The van der Waals surface area contributed by atoms with Crippen LogP contribution >= 0.6 is 11.6 Å². The number of benzene rings is 1. The van der Waals surface area contributed by atoms with Gasteiger partial charge in [-0.15, -0.1) is 0 Å². The fourth-order valence-corrected chi connectivity index (χ4v) is 2.12. The van der Waals surface area contributed by atoms with Crippen LogP contribution in [0, 0.1) is 5.82 Å². The summed E-state index contributed by atoms with van der Waals surface area (Å²) in [5.74, 6) is -0.546. The standard InChI is InChI=1S/C13H8ClFN2O/c1-6(18)7-2-12-13(16-5-7)8-3-10(15)9(14)4-11(8)17-12/h2-5,17H,1H3. The van der Waals surface area contributed by atoms with Crippen molar-refractivity contribution in [1.29, 1.82) is 0 Å². The number of aromatic nitrogens is 2. The zero-order valence-electron chi connectivity index (χ0n) is 9.42. The minimum absolute atomic E-state index is 0.0563. The number of halogens is 2. The average Bonchev–Trinajstić information content (AvgIpc) is 2.66. The number of nitrogens with zero attached hydrogens (tertiary/aromatic N) is 1. The number of ketones is 1. The maximum Gasteiger partial charge on any atom is 0.161 e. The summed E-state index contributed by atoms with van der Waals surface area (Å²) in [5, 5.41) is 0.711. The topological polar surface area (TPSA) is 45.8 Å². The lowest BCUT2D eigenvalue weighted by atomic mass is 10.2. The third-order valence-electron chi connectivity index (χ3n) is 2.88. The van der Waals surface area contributed by atoms with Gasteiger partial charge in [0, 0.05) is 22.7 Å². The summed E-state index contributed by atoms with van der Waals surface area (Å²) in [5.41, 5.74) is 2.54. The van der Waals surface area contributed by atoms with Crippen molar-refractivity contribution < 1.29 is 9.18 Å². The lowest BCUT2D eigenvalue weighted by molar-refractivity contribution is 0.101. The first-order chi connectivity index (χ1) is 8.56. The lowest BCUT2D eigenvalue weighted by Crippen LogP contribution is -1.92. The molecule has 0 radical (unpaired) electrons. The van der Waals surface area contributed by atoms with Gasteiger partial charge in [0.05, 0.1) is 16.1 Å². The third kappa shape index (κ3) is 1.57. The molecule has 0 amide bonds. The number of carbonyl (C=O) groups excluding carboxylic acids is 1. The van der Waals surface area contributed by atoms with E-state index in [4.69, 9.17) is 11.6 Å². The summed E-state index contributed by atoms with van der Waals surface area (Å²) in [6.07, 6.45) is 1.49. The Balaban J connectivity index is 2.40. The Kier molecular flexibility index (Phi) is 2.35. The van der Waals surface area contributed by atoms with E-state index >= 15 is 0 Å². The first kappa shape index (κ1) is 11.2. The number of hydrogen-bond donors (Lipinski definition) is 1. The van der Waals surface area contributed by atoms with Crippen LogP contribution in [-0.4, -0.2) is 15.8 Å². The first-order valence-corrected chi connectivity index (χ1v) is 5.71. The zero-order valence-corrected chi connectivity index (χ0v) is 10.2. The lowest BCUT2D eigenvalue weighted by Gasteiger charge is -1.95. The third-order valence-corrected chi connectivity index (χ3v) is 3.17. The highest BCUT2D eigenvalue weighted by atomic mass is 35.5. The molecule has 0 aliphatic carbocycles. The number of aromatic amines is 1. The van der Waals surface area contributed by atoms with Gasteiger partial charge in [-0.1, -0.05) is 11.6 Å². The number of hydrogen-bond acceptors (Lipinski definition) is 2. The molecule has 0 unspecified atom stereocenters. The van der Waals surface area contributed by atoms with E-state index in [1.54, 1.807) is 6.07 Å². The molecule has 2 heterocycles. The molecule has 18 heavy (non-hydrogen) atoms. The van der Waals surface area contributed by atoms with E-state index in [1.807, 2.05) is 0 Å². The Bertz CT molecular complexity index is 794. The van der Waals surface area contributed by atoms with Gasteiger partial charge >= 0.3 is 0 Å². The summed E-state index contributed by atoms with van der Waals surface area (Å²) in [6.45, 7) is 1.47. The molecule has 0 saturated carbocycles. The maximum atomic E-state index is 13.4. The van der Waals surface area contributed by atoms with Crippen LogP contribution in [0.5, 0.6) is 0 Å². The van der Waals surface area contributed by atoms with Crippen LogP contribution in [0.2, 0.25) is 5.02 Å². The Labute approximate surface area is 107 Å². The fraction of sp³-hybridized carbons (Fsp3) is 0.0769. The summed E-state index contributed by atoms with van der Waals surface area (Å²) < 4.78 is 13.4. The van der Waals surface area contributed by atoms with Gasteiger partial charge in [-0.3, -0.25) is 9.78 Å². The Hall–Kier alpha value is -1.94. The van der Waals surface area contributed by atoms with Crippen LogP contribution in [0.4, 0.5) is 4.39 Å². The quantitative estimate of drug-likeness (QED) is 0.680. The number of fused-ring (bicyclic) bond motifs is 3. The molecular weight excluding hydrogens is 255 g/mol. The number of rotatable bonds is 1. The van der Waals surface area contributed by atoms with E-state index in [0.717, 1.165) is 0 Å². The molecule has 0 bridgehead atoms. The van der Waals surface area contributed by atoms with Crippen molar-refractivity contribution in [2.45, 2.75) is 6.92 Å². The number of carbonyl (C=O) groups is 1. The molecule has 0 aliphatic rings. The van der Waals surface area contributed by atoms with E-state index < -0.39 is 5.82 Å². The van der Waals surface area contributed by atoms with Crippen molar-refractivity contribution in [3.05, 3.63) is 40.8 Å². The van der Waals surface area contributed by atoms with Gasteiger partial charge in [0.2, 0.25) is 0 Å². The minimum atomic E-state index is -0.484. The van der Waals surface area contributed by atoms with Gasteiger partial charge < -0.3 is 4.98 Å². The van der Waals surface area contributed by atoms with Crippen molar-refractivity contribution in [2.75, 3.05) is 0 Å². The van der Waals surface area contributed by atoms with Crippen molar-refractivity contribution in [3.63, 3.8) is 0 Å². The number of pyridine rings is 1. The predicted octanol–water partition coefficient (Wildman–Crippen LogP) is 3.71. The average molecular weight is 263 g/mol. The smallest absolute Gasteiger partial charge is 0.161 e. The maximum absolute atomic E-state index is 13.4. The van der Waals surface area contributed by atoms with Gasteiger partial charge in [-0.25, -0.2) is 4.39 Å². The molecule has 0 aliphatic heterocycles. The Morgan fingerprint density at radius 2 is 2.11 bits per heavy atom. The Morgan fingerprint density at radius 3 is 2.83 bits per heavy atom. The molecule has 0 fully saturated rings. The van der Waals surface area contributed by atoms with Crippen LogP contribution in [0.1, 0.15) is 17.3 Å². The van der Waals surface area contributed by atoms with Crippen molar-refractivity contribution in [2.24, 2.45) is 0 Å². The second-order valence-electron chi connectivity index (χ2n) is 4.11. The molecule has 1 aromatic carbocycles. The monoisotopic (exact) mass is 262 g/mol. The summed E-state index contributed by atoms with van der Waals surface area (Å²) in [4.78, 5) is 18.6. The van der Waals surface area contributed by atoms with Gasteiger partial charge in [-0.05, 0) is 25.1 Å². The van der Waals surface area contributed by atoms with Crippen LogP contribution < -0.4 is 0 Å². The van der Waals surface area contributed by atoms with E-state index in [9.17, 15) is 9.18 Å². The SMILES string of the molecule is CC(=O)c1cnc2c(c1)[nH]c1cc(Cl)c(F)cc12. The molecule has 3 nitrogen and oxygen atoms in total. The van der Waals surface area contributed by atoms with Crippen molar-refractivity contribution >= 4 is 39.3 Å². The van der Waals surface area contributed by atoms with Gasteiger partial charge in [0.15, 0.2) is 5.78 Å². The van der Waals surface area contributed by atoms with Crippen LogP contribution in [0.25, 0.3) is 21.9 Å². The largest absolute Gasteiger partial charge is 0.353 e. The molecule has 2 aromatic heterocycles. The van der Waals surface area contributed by atoms with Crippen LogP contribution in [-0.2, 0) is 0 Å².